The summed E-state index contributed by atoms with van der Waals surface area (Å²) in [5.41, 5.74) is 0.960. The number of H-pyrrole nitrogens is 1. The van der Waals surface area contributed by atoms with Crippen LogP contribution in [0.1, 0.15) is 68.3 Å². The third kappa shape index (κ3) is 5.31. The highest BCUT2D eigenvalue weighted by atomic mass is 19.4. The minimum Gasteiger partial charge on any atom is -0.344 e. The number of aromatic amines is 1. The first-order chi connectivity index (χ1) is 18.8. The van der Waals surface area contributed by atoms with Gasteiger partial charge in [0.1, 0.15) is 5.82 Å². The highest BCUT2D eigenvalue weighted by Crippen LogP contribution is 2.37. The quantitative estimate of drug-likeness (QED) is 0.277. The summed E-state index contributed by atoms with van der Waals surface area (Å²) in [6, 6.07) is 5.74. The smallest absolute Gasteiger partial charge is 0.344 e. The molecule has 0 spiro atoms. The second-order valence-corrected chi connectivity index (χ2v) is 10.7. The van der Waals surface area contributed by atoms with Crippen LogP contribution in [0.3, 0.4) is 0 Å². The zero-order valence-corrected chi connectivity index (χ0v) is 22.5. The van der Waals surface area contributed by atoms with Crippen LogP contribution in [0.15, 0.2) is 47.4 Å². The SMILES string of the molecule is CC(C)n1cc(-c2nc3nccc(-c4ccc(CNC(=O)c5nc(C(C)(C)C)no5)c(C(F)(F)F)c4)c3[nH]2)cn1. The van der Waals surface area contributed by atoms with E-state index in [9.17, 15) is 18.0 Å². The molecule has 10 nitrogen and oxygen atoms in total. The molecule has 0 saturated heterocycles. The molecule has 0 aliphatic carbocycles. The fraction of sp³-hybridized carbons (Fsp3) is 0.333. The molecule has 1 aromatic carbocycles. The van der Waals surface area contributed by atoms with Gasteiger partial charge in [-0.1, -0.05) is 38.1 Å². The molecule has 0 aliphatic heterocycles. The normalized spacial score (nSPS) is 12.4. The molecule has 0 fully saturated rings. The van der Waals surface area contributed by atoms with Gasteiger partial charge in [-0.2, -0.15) is 23.3 Å². The molecule has 0 saturated carbocycles. The molecular weight excluding hydrogens is 525 g/mol. The number of nitrogens with zero attached hydrogens (tertiary/aromatic N) is 6. The number of nitrogens with one attached hydrogen (secondary N) is 2. The van der Waals surface area contributed by atoms with Crippen molar-refractivity contribution in [2.24, 2.45) is 0 Å². The van der Waals surface area contributed by atoms with E-state index in [1.807, 2.05) is 40.8 Å². The number of aromatic nitrogens is 7. The number of amides is 1. The Hall–Kier alpha value is -4.55. The lowest BCUT2D eigenvalue weighted by Gasteiger charge is -2.15. The van der Waals surface area contributed by atoms with Gasteiger partial charge in [-0.15, -0.1) is 0 Å². The molecule has 5 rings (SSSR count). The van der Waals surface area contributed by atoms with Crippen molar-refractivity contribution >= 4 is 17.1 Å². The summed E-state index contributed by atoms with van der Waals surface area (Å²) < 4.78 is 49.2. The van der Waals surface area contributed by atoms with Crippen LogP contribution in [0.25, 0.3) is 33.7 Å². The van der Waals surface area contributed by atoms with E-state index in [1.165, 1.54) is 12.3 Å². The fourth-order valence-corrected chi connectivity index (χ4v) is 4.06. The van der Waals surface area contributed by atoms with Crippen molar-refractivity contribution < 1.29 is 22.5 Å². The topological polar surface area (TPSA) is 127 Å². The van der Waals surface area contributed by atoms with Crippen LogP contribution in [-0.4, -0.2) is 40.8 Å². The number of alkyl halides is 3. The molecule has 208 valence electrons. The van der Waals surface area contributed by atoms with Crippen molar-refractivity contribution in [1.29, 1.82) is 0 Å². The summed E-state index contributed by atoms with van der Waals surface area (Å²) in [4.78, 5) is 28.5. The molecule has 5 aromatic rings. The number of carbonyl (C=O) groups excluding carboxylic acids is 1. The van der Waals surface area contributed by atoms with Crippen LogP contribution in [0.4, 0.5) is 13.2 Å². The second-order valence-electron chi connectivity index (χ2n) is 10.7. The van der Waals surface area contributed by atoms with E-state index in [-0.39, 0.29) is 24.0 Å². The summed E-state index contributed by atoms with van der Waals surface area (Å²) in [5.74, 6) is -0.254. The number of benzene rings is 1. The lowest BCUT2D eigenvalue weighted by atomic mass is 9.96. The number of carbonyl (C=O) groups is 1. The van der Waals surface area contributed by atoms with Crippen LogP contribution in [0.2, 0.25) is 0 Å². The number of hydrogen-bond donors (Lipinski definition) is 2. The summed E-state index contributed by atoms with van der Waals surface area (Å²) in [6.45, 7) is 9.14. The highest BCUT2D eigenvalue weighted by Gasteiger charge is 2.34. The molecule has 0 unspecified atom stereocenters. The van der Waals surface area contributed by atoms with Crippen molar-refractivity contribution in [2.75, 3.05) is 0 Å². The van der Waals surface area contributed by atoms with Crippen LogP contribution in [0, 0.1) is 0 Å². The lowest BCUT2D eigenvalue weighted by Crippen LogP contribution is -2.25. The Labute approximate surface area is 227 Å². The number of rotatable bonds is 6. The average Bonchev–Trinajstić information content (AvgIpc) is 3.65. The van der Waals surface area contributed by atoms with Gasteiger partial charge in [0.05, 0.1) is 22.8 Å². The molecule has 0 aliphatic rings. The van der Waals surface area contributed by atoms with Crippen LogP contribution in [-0.2, 0) is 18.1 Å². The maximum atomic E-state index is 14.1. The van der Waals surface area contributed by atoms with E-state index in [2.05, 4.69) is 35.5 Å². The molecule has 2 N–H and O–H groups in total. The van der Waals surface area contributed by atoms with E-state index in [1.54, 1.807) is 23.0 Å². The first kappa shape index (κ1) is 27.0. The number of fused-ring (bicyclic) bond motifs is 1. The number of imidazole rings is 1. The molecule has 0 radical (unpaired) electrons. The fourth-order valence-electron chi connectivity index (χ4n) is 4.06. The number of hydrogen-bond acceptors (Lipinski definition) is 7. The molecule has 4 aromatic heterocycles. The summed E-state index contributed by atoms with van der Waals surface area (Å²) in [6.07, 6.45) is 0.333. The maximum Gasteiger partial charge on any atom is 0.416 e. The van der Waals surface area contributed by atoms with Gasteiger partial charge in [0, 0.05) is 36.0 Å². The lowest BCUT2D eigenvalue weighted by molar-refractivity contribution is -0.138. The molecule has 40 heavy (non-hydrogen) atoms. The van der Waals surface area contributed by atoms with E-state index in [4.69, 9.17) is 4.52 Å². The first-order valence-corrected chi connectivity index (χ1v) is 12.5. The highest BCUT2D eigenvalue weighted by molar-refractivity contribution is 5.92. The summed E-state index contributed by atoms with van der Waals surface area (Å²) in [7, 11) is 0. The van der Waals surface area contributed by atoms with Gasteiger partial charge in [0.2, 0.25) is 0 Å². The Morgan fingerprint density at radius 2 is 1.90 bits per heavy atom. The third-order valence-corrected chi connectivity index (χ3v) is 6.25. The standard InChI is InChI=1S/C27H27F3N8O2/c1-14(2)38-13-17(12-33-38)21-34-20-18(8-9-31-22(20)35-21)15-6-7-16(19(10-15)27(28,29)30)11-32-23(39)24-36-25(37-40-24)26(3,4)5/h6-10,12-14H,11H2,1-5H3,(H,32,39)(H,31,34,35). The minimum atomic E-state index is -4.67. The summed E-state index contributed by atoms with van der Waals surface area (Å²) in [5, 5.41) is 10.5. The van der Waals surface area contributed by atoms with Gasteiger partial charge in [-0.3, -0.25) is 9.48 Å². The van der Waals surface area contributed by atoms with E-state index < -0.39 is 23.1 Å². The van der Waals surface area contributed by atoms with Crippen LogP contribution >= 0.6 is 0 Å². The molecule has 1 amide bonds. The van der Waals surface area contributed by atoms with Crippen molar-refractivity contribution in [2.45, 2.75) is 58.8 Å². The Bertz CT molecular complexity index is 1690. The van der Waals surface area contributed by atoms with Gasteiger partial charge >= 0.3 is 18.0 Å². The largest absolute Gasteiger partial charge is 0.416 e. The Morgan fingerprint density at radius 1 is 1.12 bits per heavy atom. The Morgan fingerprint density at radius 3 is 2.55 bits per heavy atom. The van der Waals surface area contributed by atoms with E-state index in [0.29, 0.717) is 33.9 Å². The van der Waals surface area contributed by atoms with Crippen LogP contribution in [0.5, 0.6) is 0 Å². The van der Waals surface area contributed by atoms with Gasteiger partial charge < -0.3 is 14.8 Å². The summed E-state index contributed by atoms with van der Waals surface area (Å²) >= 11 is 0. The molecule has 13 heteroatoms. The van der Waals surface area contributed by atoms with Crippen molar-refractivity contribution in [3.8, 4) is 22.5 Å². The van der Waals surface area contributed by atoms with E-state index >= 15 is 0 Å². The number of halogens is 3. The Balaban J connectivity index is 1.44. The van der Waals surface area contributed by atoms with Gasteiger partial charge in [0.15, 0.2) is 11.5 Å². The van der Waals surface area contributed by atoms with Crippen LogP contribution < -0.4 is 5.32 Å². The average molecular weight is 553 g/mol. The van der Waals surface area contributed by atoms with Crippen molar-refractivity contribution in [3.05, 3.63) is 65.7 Å². The Kier molecular flexibility index (Phi) is 6.68. The molecule has 4 heterocycles. The number of pyridine rings is 1. The van der Waals surface area contributed by atoms with Crippen molar-refractivity contribution in [1.82, 2.24) is 40.2 Å². The van der Waals surface area contributed by atoms with Gasteiger partial charge in [-0.25, -0.2) is 9.97 Å². The monoisotopic (exact) mass is 552 g/mol. The third-order valence-electron chi connectivity index (χ3n) is 6.25. The van der Waals surface area contributed by atoms with Gasteiger partial charge in [-0.05, 0) is 37.1 Å². The van der Waals surface area contributed by atoms with Gasteiger partial charge in [0.25, 0.3) is 0 Å². The second kappa shape index (κ2) is 9.88. The predicted octanol–water partition coefficient (Wildman–Crippen LogP) is 5.70. The molecule has 0 bridgehead atoms. The minimum absolute atomic E-state index is 0.114. The zero-order valence-electron chi connectivity index (χ0n) is 22.5. The first-order valence-electron chi connectivity index (χ1n) is 12.5. The predicted molar refractivity (Wildman–Crippen MR) is 140 cm³/mol. The molecular formula is C27H27F3N8O2. The maximum absolute atomic E-state index is 14.1. The zero-order chi connectivity index (χ0) is 28.8. The molecule has 0 atom stereocenters. The van der Waals surface area contributed by atoms with Crippen molar-refractivity contribution in [3.63, 3.8) is 0 Å². The van der Waals surface area contributed by atoms with E-state index in [0.717, 1.165) is 11.6 Å².